The number of benzene rings is 2. The summed E-state index contributed by atoms with van der Waals surface area (Å²) in [5, 5.41) is 0. The van der Waals surface area contributed by atoms with E-state index >= 15 is 0 Å². The van der Waals surface area contributed by atoms with Crippen LogP contribution < -0.4 is 0 Å². The molecule has 0 amide bonds. The second-order valence-electron chi connectivity index (χ2n) is 13.0. The van der Waals surface area contributed by atoms with Crippen molar-refractivity contribution in [2.75, 3.05) is 0 Å². The molecular weight excluding hydrogens is 627 g/mol. The normalized spacial score (nSPS) is 12.0. The Labute approximate surface area is 306 Å². The Bertz CT molecular complexity index is 1240. The van der Waals surface area contributed by atoms with Crippen molar-refractivity contribution in [3.8, 4) is 11.8 Å². The summed E-state index contributed by atoms with van der Waals surface area (Å²) in [6.07, 6.45) is 34.9. The molecule has 0 heterocycles. The molecular formula is C45H66N2Ni. The van der Waals surface area contributed by atoms with E-state index in [4.69, 9.17) is 9.98 Å². The van der Waals surface area contributed by atoms with Crippen LogP contribution in [-0.2, 0) is 16.5 Å². The van der Waals surface area contributed by atoms with E-state index < -0.39 is 0 Å². The summed E-state index contributed by atoms with van der Waals surface area (Å²) in [5.74, 6) is 6.98. The van der Waals surface area contributed by atoms with Crippen molar-refractivity contribution in [1.29, 1.82) is 0 Å². The van der Waals surface area contributed by atoms with Crippen LogP contribution in [0.2, 0.25) is 0 Å². The molecule has 0 N–H and O–H groups in total. The Morgan fingerprint density at radius 3 is 1.46 bits per heavy atom. The molecule has 0 aliphatic carbocycles. The molecule has 2 aromatic carbocycles. The van der Waals surface area contributed by atoms with Crippen LogP contribution in [-0.4, -0.2) is 11.4 Å². The monoisotopic (exact) mass is 692 g/mol. The fraction of sp³-hybridized carbons (Fsp3) is 0.556. The third kappa shape index (κ3) is 21.3. The molecule has 0 unspecified atom stereocenters. The van der Waals surface area contributed by atoms with Crippen LogP contribution in [0.1, 0.15) is 174 Å². The van der Waals surface area contributed by atoms with Crippen molar-refractivity contribution in [2.45, 2.75) is 163 Å². The Hall–Kier alpha value is -2.69. The summed E-state index contributed by atoms with van der Waals surface area (Å²) in [4.78, 5) is 10.3. The molecule has 0 radical (unpaired) electrons. The molecule has 0 saturated carbocycles. The molecule has 2 aromatic rings. The molecule has 0 bridgehead atoms. The van der Waals surface area contributed by atoms with Crippen molar-refractivity contribution in [3.05, 3.63) is 71.8 Å². The van der Waals surface area contributed by atoms with E-state index in [0.717, 1.165) is 67.7 Å². The van der Waals surface area contributed by atoms with Gasteiger partial charge in [0.05, 0.1) is 17.1 Å². The molecule has 48 heavy (non-hydrogen) atoms. The summed E-state index contributed by atoms with van der Waals surface area (Å²) in [6.45, 7) is 9.02. The molecule has 266 valence electrons. The van der Waals surface area contributed by atoms with Crippen molar-refractivity contribution in [3.63, 3.8) is 0 Å². The summed E-state index contributed by atoms with van der Waals surface area (Å²) in [5.41, 5.74) is 6.17. The van der Waals surface area contributed by atoms with Gasteiger partial charge in [0.25, 0.3) is 0 Å². The van der Waals surface area contributed by atoms with Gasteiger partial charge in [0.2, 0.25) is 0 Å². The van der Waals surface area contributed by atoms with Crippen molar-refractivity contribution < 1.29 is 16.5 Å². The fourth-order valence-corrected chi connectivity index (χ4v) is 5.47. The standard InChI is InChI=1S/C45H66N2.Ni/c1-5-9-13-16-17-18-19-20-21-24-27-31-45(47-43-38-34-41(35-39-43)29-26-23-15-11-7-3)44(30-12-8-4)46-42-36-32-40(33-37-42)28-25-22-14-10-6-2;/h25-26,28-29,32-39H,5-24,30H2,1-4H3;. The van der Waals surface area contributed by atoms with Gasteiger partial charge >= 0.3 is 0 Å². The average molecular weight is 694 g/mol. The Morgan fingerprint density at radius 1 is 0.521 bits per heavy atom. The first-order valence-corrected chi connectivity index (χ1v) is 19.4. The van der Waals surface area contributed by atoms with Gasteiger partial charge in [-0.1, -0.05) is 166 Å². The van der Waals surface area contributed by atoms with Gasteiger partial charge in [-0.2, -0.15) is 0 Å². The van der Waals surface area contributed by atoms with Gasteiger partial charge < -0.3 is 0 Å². The maximum Gasteiger partial charge on any atom is 0.135 e. The first-order valence-electron chi connectivity index (χ1n) is 19.4. The minimum atomic E-state index is 0. The second-order valence-corrected chi connectivity index (χ2v) is 13.0. The van der Waals surface area contributed by atoms with Crippen LogP contribution in [0.25, 0.3) is 12.2 Å². The molecule has 0 atom stereocenters. The van der Waals surface area contributed by atoms with Gasteiger partial charge in [0, 0.05) is 22.9 Å². The van der Waals surface area contributed by atoms with E-state index in [0.29, 0.717) is 0 Å². The zero-order chi connectivity index (χ0) is 33.6. The zero-order valence-corrected chi connectivity index (χ0v) is 32.0. The van der Waals surface area contributed by atoms with Gasteiger partial charge in [0.15, 0.2) is 0 Å². The number of nitrogens with zero attached hydrogens (tertiary/aromatic N) is 2. The molecule has 0 aliphatic rings. The predicted molar refractivity (Wildman–Crippen MR) is 213 cm³/mol. The van der Waals surface area contributed by atoms with Crippen LogP contribution in [0.4, 0.5) is 11.4 Å². The van der Waals surface area contributed by atoms with E-state index in [1.54, 1.807) is 0 Å². The van der Waals surface area contributed by atoms with Crippen molar-refractivity contribution >= 4 is 35.0 Å². The van der Waals surface area contributed by atoms with Gasteiger partial charge in [-0.3, -0.25) is 4.99 Å². The van der Waals surface area contributed by atoms with Crippen molar-refractivity contribution in [2.24, 2.45) is 9.98 Å². The number of allylic oxidation sites excluding steroid dienone is 2. The average Bonchev–Trinajstić information content (AvgIpc) is 3.09. The van der Waals surface area contributed by atoms with E-state index in [1.807, 2.05) is 0 Å². The topological polar surface area (TPSA) is 24.7 Å². The summed E-state index contributed by atoms with van der Waals surface area (Å²) in [6, 6.07) is 17.2. The first kappa shape index (κ1) is 43.3. The molecule has 0 spiro atoms. The predicted octanol–water partition coefficient (Wildman–Crippen LogP) is 14.8. The maximum atomic E-state index is 5.16. The number of unbranched alkanes of at least 4 members (excludes halogenated alkanes) is 16. The quantitative estimate of drug-likeness (QED) is 0.0428. The van der Waals surface area contributed by atoms with Crippen LogP contribution in [0.15, 0.2) is 70.7 Å². The SMILES string of the molecule is CCCCCC=Cc1ccc(N=C(C#CCCCCCCCCCCC)C(CCCC)=Nc2ccc(C=CCCCCC)cc2)cc1.[Ni]. The van der Waals surface area contributed by atoms with Gasteiger partial charge in [0.1, 0.15) is 5.71 Å². The molecule has 3 heteroatoms. The molecule has 2 rings (SSSR count). The number of hydrogen-bond acceptors (Lipinski definition) is 2. The smallest absolute Gasteiger partial charge is 0.135 e. The Kier molecular flexibility index (Phi) is 27.4. The second kappa shape index (κ2) is 30.4. The number of hydrogen-bond donors (Lipinski definition) is 0. The van der Waals surface area contributed by atoms with Gasteiger partial charge in [-0.25, -0.2) is 4.99 Å². The van der Waals surface area contributed by atoms with Crippen LogP contribution in [0, 0.1) is 11.8 Å². The van der Waals surface area contributed by atoms with Crippen LogP contribution in [0.5, 0.6) is 0 Å². The minimum Gasteiger partial charge on any atom is -0.251 e. The van der Waals surface area contributed by atoms with Gasteiger partial charge in [-0.05, 0) is 86.3 Å². The molecule has 0 aromatic heterocycles. The fourth-order valence-electron chi connectivity index (χ4n) is 5.47. The van der Waals surface area contributed by atoms with Crippen LogP contribution in [0.3, 0.4) is 0 Å². The van der Waals surface area contributed by atoms with E-state index in [2.05, 4.69) is 112 Å². The summed E-state index contributed by atoms with van der Waals surface area (Å²) in [7, 11) is 0. The third-order valence-corrected chi connectivity index (χ3v) is 8.51. The van der Waals surface area contributed by atoms with Crippen LogP contribution >= 0.6 is 0 Å². The van der Waals surface area contributed by atoms with E-state index in [-0.39, 0.29) is 16.5 Å². The van der Waals surface area contributed by atoms with Gasteiger partial charge in [-0.15, -0.1) is 0 Å². The maximum absolute atomic E-state index is 5.16. The third-order valence-electron chi connectivity index (χ3n) is 8.51. The molecule has 0 fully saturated rings. The summed E-state index contributed by atoms with van der Waals surface area (Å²) < 4.78 is 0. The molecule has 0 saturated heterocycles. The molecule has 0 aliphatic heterocycles. The number of rotatable bonds is 25. The van der Waals surface area contributed by atoms with E-state index in [9.17, 15) is 0 Å². The van der Waals surface area contributed by atoms with Crippen molar-refractivity contribution in [1.82, 2.24) is 0 Å². The Balaban J connectivity index is 0.0000115. The Morgan fingerprint density at radius 2 is 0.958 bits per heavy atom. The van der Waals surface area contributed by atoms with E-state index in [1.165, 1.54) is 101 Å². The zero-order valence-electron chi connectivity index (χ0n) is 31.0. The largest absolute Gasteiger partial charge is 0.251 e. The molecule has 2 nitrogen and oxygen atoms in total. The minimum absolute atomic E-state index is 0. The summed E-state index contributed by atoms with van der Waals surface area (Å²) >= 11 is 0. The number of aliphatic imine (C=N–C) groups is 2. The first-order chi connectivity index (χ1) is 23.2.